The second-order valence-electron chi connectivity index (χ2n) is 5.73. The maximum atomic E-state index is 11.2. The molecular formula is C18H24O5. The lowest BCUT2D eigenvalue weighted by molar-refractivity contribution is -0.138. The molecule has 0 bridgehead atoms. The molecule has 2 rings (SSSR count). The Kier molecular flexibility index (Phi) is 6.19. The number of rotatable bonds is 7. The van der Waals surface area contributed by atoms with Crippen LogP contribution >= 0.6 is 0 Å². The first kappa shape index (κ1) is 17.5. The fourth-order valence-corrected chi connectivity index (χ4v) is 2.39. The summed E-state index contributed by atoms with van der Waals surface area (Å²) >= 11 is 0. The predicted octanol–water partition coefficient (Wildman–Crippen LogP) is 2.88. The van der Waals surface area contributed by atoms with Crippen LogP contribution in [0.1, 0.15) is 26.3 Å². The number of carbonyl (C=O) groups excluding carboxylic acids is 1. The maximum Gasteiger partial charge on any atom is 0.330 e. The molecule has 0 N–H and O–H groups in total. The van der Waals surface area contributed by atoms with Crippen LogP contribution in [0.5, 0.6) is 5.75 Å². The lowest BCUT2D eigenvalue weighted by atomic mass is 10.1. The fourth-order valence-electron chi connectivity index (χ4n) is 2.39. The standard InChI is InChI=1S/C18H24O5/c1-4-20-17(19)10-7-11-21-16-9-6-5-8-14(16)12-15-13-22-18(2,3)23-15/h5-10,15H,4,11-13H2,1-3H3/b10-7+. The number of hydrogen-bond acceptors (Lipinski definition) is 5. The summed E-state index contributed by atoms with van der Waals surface area (Å²) in [7, 11) is 0. The number of carbonyl (C=O) groups is 1. The van der Waals surface area contributed by atoms with Gasteiger partial charge in [-0.15, -0.1) is 0 Å². The van der Waals surface area contributed by atoms with E-state index in [1.54, 1.807) is 13.0 Å². The van der Waals surface area contributed by atoms with Crippen LogP contribution in [0, 0.1) is 0 Å². The molecule has 0 saturated carbocycles. The summed E-state index contributed by atoms with van der Waals surface area (Å²) in [5.74, 6) is -0.0968. The molecule has 23 heavy (non-hydrogen) atoms. The summed E-state index contributed by atoms with van der Waals surface area (Å²) in [5.41, 5.74) is 1.06. The molecule has 1 saturated heterocycles. The van der Waals surface area contributed by atoms with Gasteiger partial charge >= 0.3 is 5.97 Å². The monoisotopic (exact) mass is 320 g/mol. The third-order valence-electron chi connectivity index (χ3n) is 3.36. The molecule has 1 atom stereocenters. The van der Waals surface area contributed by atoms with Gasteiger partial charge in [-0.25, -0.2) is 4.79 Å². The Bertz CT molecular complexity index is 550. The highest BCUT2D eigenvalue weighted by Gasteiger charge is 2.32. The average Bonchev–Trinajstić information content (AvgIpc) is 2.84. The zero-order valence-corrected chi connectivity index (χ0v) is 13.9. The molecule has 5 heteroatoms. The SMILES string of the molecule is CCOC(=O)/C=C/COc1ccccc1CC1COC(C)(C)O1. The second-order valence-corrected chi connectivity index (χ2v) is 5.73. The van der Waals surface area contributed by atoms with E-state index in [-0.39, 0.29) is 12.1 Å². The molecule has 0 aromatic heterocycles. The van der Waals surface area contributed by atoms with Crippen LogP contribution in [0.25, 0.3) is 0 Å². The Labute approximate surface area is 137 Å². The first-order valence-electron chi connectivity index (χ1n) is 7.86. The van der Waals surface area contributed by atoms with Crippen molar-refractivity contribution in [1.29, 1.82) is 0 Å². The lowest BCUT2D eigenvalue weighted by Crippen LogP contribution is -2.22. The average molecular weight is 320 g/mol. The number of para-hydroxylation sites is 1. The van der Waals surface area contributed by atoms with Crippen molar-refractivity contribution in [2.45, 2.75) is 39.1 Å². The molecule has 1 aliphatic heterocycles. The van der Waals surface area contributed by atoms with E-state index in [9.17, 15) is 4.79 Å². The van der Waals surface area contributed by atoms with E-state index >= 15 is 0 Å². The molecule has 1 unspecified atom stereocenters. The van der Waals surface area contributed by atoms with E-state index in [1.165, 1.54) is 6.08 Å². The highest BCUT2D eigenvalue weighted by Crippen LogP contribution is 2.27. The van der Waals surface area contributed by atoms with E-state index in [2.05, 4.69) is 0 Å². The van der Waals surface area contributed by atoms with Crippen LogP contribution in [0.2, 0.25) is 0 Å². The van der Waals surface area contributed by atoms with E-state index in [0.717, 1.165) is 17.7 Å². The molecule has 0 amide bonds. The lowest BCUT2D eigenvalue weighted by Gasteiger charge is -2.18. The predicted molar refractivity (Wildman–Crippen MR) is 86.3 cm³/mol. The van der Waals surface area contributed by atoms with Crippen LogP contribution in [0.15, 0.2) is 36.4 Å². The van der Waals surface area contributed by atoms with E-state index in [4.69, 9.17) is 18.9 Å². The first-order chi connectivity index (χ1) is 11.0. The fraction of sp³-hybridized carbons (Fsp3) is 0.500. The normalized spacial score (nSPS) is 19.9. The first-order valence-corrected chi connectivity index (χ1v) is 7.86. The van der Waals surface area contributed by atoms with Gasteiger partial charge in [-0.2, -0.15) is 0 Å². The van der Waals surface area contributed by atoms with Crippen LogP contribution < -0.4 is 4.74 Å². The molecular weight excluding hydrogens is 296 g/mol. The van der Waals surface area contributed by atoms with Crippen molar-refractivity contribution in [2.75, 3.05) is 19.8 Å². The van der Waals surface area contributed by atoms with Gasteiger partial charge in [0.15, 0.2) is 5.79 Å². The summed E-state index contributed by atoms with van der Waals surface area (Å²) < 4.78 is 22.0. The minimum absolute atomic E-state index is 0.0184. The van der Waals surface area contributed by atoms with Crippen molar-refractivity contribution < 1.29 is 23.7 Å². The largest absolute Gasteiger partial charge is 0.489 e. The van der Waals surface area contributed by atoms with Crippen LogP contribution in [-0.4, -0.2) is 37.7 Å². The van der Waals surface area contributed by atoms with Crippen molar-refractivity contribution >= 4 is 5.97 Å². The van der Waals surface area contributed by atoms with Gasteiger partial charge in [0.05, 0.1) is 19.3 Å². The third-order valence-corrected chi connectivity index (χ3v) is 3.36. The van der Waals surface area contributed by atoms with Gasteiger partial charge in [0.25, 0.3) is 0 Å². The van der Waals surface area contributed by atoms with Crippen molar-refractivity contribution in [3.63, 3.8) is 0 Å². The molecule has 5 nitrogen and oxygen atoms in total. The van der Waals surface area contributed by atoms with Crippen molar-refractivity contribution in [3.8, 4) is 5.75 Å². The Hall–Kier alpha value is -1.85. The van der Waals surface area contributed by atoms with Gasteiger partial charge in [0.1, 0.15) is 12.4 Å². The second kappa shape index (κ2) is 8.13. The number of ether oxygens (including phenoxy) is 4. The maximum absolute atomic E-state index is 11.2. The molecule has 126 valence electrons. The van der Waals surface area contributed by atoms with E-state index in [0.29, 0.717) is 19.8 Å². The molecule has 1 fully saturated rings. The molecule has 1 aromatic carbocycles. The summed E-state index contributed by atoms with van der Waals surface area (Å²) in [6, 6.07) is 7.81. The zero-order valence-electron chi connectivity index (χ0n) is 13.9. The third kappa shape index (κ3) is 5.69. The van der Waals surface area contributed by atoms with Crippen LogP contribution in [0.4, 0.5) is 0 Å². The van der Waals surface area contributed by atoms with Crippen molar-refractivity contribution in [1.82, 2.24) is 0 Å². The van der Waals surface area contributed by atoms with Gasteiger partial charge in [-0.1, -0.05) is 18.2 Å². The Morgan fingerprint density at radius 3 is 2.87 bits per heavy atom. The molecule has 1 aromatic rings. The minimum atomic E-state index is -0.525. The van der Waals surface area contributed by atoms with E-state index < -0.39 is 5.79 Å². The Morgan fingerprint density at radius 1 is 1.39 bits per heavy atom. The van der Waals surface area contributed by atoms with Crippen molar-refractivity contribution in [3.05, 3.63) is 42.0 Å². The van der Waals surface area contributed by atoms with Gasteiger partial charge in [0, 0.05) is 12.5 Å². The zero-order chi connectivity index (χ0) is 16.7. The van der Waals surface area contributed by atoms with Gasteiger partial charge < -0.3 is 18.9 Å². The molecule has 0 aliphatic carbocycles. The number of benzene rings is 1. The molecule has 1 aliphatic rings. The van der Waals surface area contributed by atoms with E-state index in [1.807, 2.05) is 38.1 Å². The summed E-state index contributed by atoms with van der Waals surface area (Å²) in [5, 5.41) is 0. The topological polar surface area (TPSA) is 54.0 Å². The Balaban J connectivity index is 1.89. The molecule has 1 heterocycles. The molecule has 0 spiro atoms. The summed E-state index contributed by atoms with van der Waals surface area (Å²) in [6.45, 7) is 6.85. The smallest absolute Gasteiger partial charge is 0.330 e. The number of esters is 1. The highest BCUT2D eigenvalue weighted by atomic mass is 16.7. The quantitative estimate of drug-likeness (QED) is 0.571. The van der Waals surface area contributed by atoms with Gasteiger partial charge in [-0.05, 0) is 38.5 Å². The minimum Gasteiger partial charge on any atom is -0.489 e. The van der Waals surface area contributed by atoms with Gasteiger partial charge in [0.2, 0.25) is 0 Å². The highest BCUT2D eigenvalue weighted by molar-refractivity contribution is 5.81. The van der Waals surface area contributed by atoms with Crippen LogP contribution in [-0.2, 0) is 25.4 Å². The Morgan fingerprint density at radius 2 is 2.17 bits per heavy atom. The number of hydrogen-bond donors (Lipinski definition) is 0. The summed E-state index contributed by atoms with van der Waals surface area (Å²) in [6.07, 6.45) is 3.77. The van der Waals surface area contributed by atoms with Crippen LogP contribution in [0.3, 0.4) is 0 Å². The van der Waals surface area contributed by atoms with Crippen molar-refractivity contribution in [2.24, 2.45) is 0 Å². The molecule has 0 radical (unpaired) electrons. The summed E-state index contributed by atoms with van der Waals surface area (Å²) in [4.78, 5) is 11.2. The van der Waals surface area contributed by atoms with Gasteiger partial charge in [-0.3, -0.25) is 0 Å².